The van der Waals surface area contributed by atoms with Gasteiger partial charge in [0, 0.05) is 6.54 Å². The minimum atomic E-state index is -0.678. The first-order chi connectivity index (χ1) is 6.83. The Labute approximate surface area is 92.5 Å². The van der Waals surface area contributed by atoms with Gasteiger partial charge in [0.15, 0.2) is 0 Å². The molecule has 1 rings (SSSR count). The zero-order chi connectivity index (χ0) is 11.6. The lowest BCUT2D eigenvalue weighted by Gasteiger charge is -2.42. The van der Waals surface area contributed by atoms with E-state index in [1.165, 1.54) is 6.42 Å². The van der Waals surface area contributed by atoms with Gasteiger partial charge in [0.05, 0.1) is 0 Å². The lowest BCUT2D eigenvalue weighted by Crippen LogP contribution is -2.51. The number of piperidine rings is 1. The van der Waals surface area contributed by atoms with Crippen LogP contribution in [0.3, 0.4) is 0 Å². The van der Waals surface area contributed by atoms with Crippen molar-refractivity contribution in [3.63, 3.8) is 0 Å². The van der Waals surface area contributed by atoms with Crippen LogP contribution < -0.4 is 0 Å². The molecule has 1 aliphatic heterocycles. The smallest absolute Gasteiger partial charge is 0.321 e. The Bertz CT molecular complexity index is 236. The summed E-state index contributed by atoms with van der Waals surface area (Å²) in [5.41, 5.74) is 0.265. The molecule has 1 atom stereocenters. The normalized spacial score (nSPS) is 24.1. The zero-order valence-electron chi connectivity index (χ0n) is 10.3. The maximum absolute atomic E-state index is 11.2. The Kier molecular flexibility index (Phi) is 3.77. The van der Waals surface area contributed by atoms with E-state index in [9.17, 15) is 9.90 Å². The largest absolute Gasteiger partial charge is 0.480 e. The van der Waals surface area contributed by atoms with E-state index in [1.807, 2.05) is 13.8 Å². The Morgan fingerprint density at radius 2 is 2.00 bits per heavy atom. The molecule has 0 aromatic heterocycles. The maximum atomic E-state index is 11.2. The van der Waals surface area contributed by atoms with Gasteiger partial charge in [-0.2, -0.15) is 0 Å². The molecule has 0 spiro atoms. The second-order valence-corrected chi connectivity index (χ2v) is 5.77. The number of carbonyl (C=O) groups is 1. The summed E-state index contributed by atoms with van der Waals surface area (Å²) in [4.78, 5) is 13.3. The van der Waals surface area contributed by atoms with Crippen molar-refractivity contribution in [2.75, 3.05) is 13.1 Å². The summed E-state index contributed by atoms with van der Waals surface area (Å²) in [5.74, 6) is -0.501. The number of nitrogens with zero attached hydrogens (tertiary/aromatic N) is 1. The van der Waals surface area contributed by atoms with E-state index in [2.05, 4.69) is 18.7 Å². The molecule has 1 N–H and O–H groups in total. The van der Waals surface area contributed by atoms with Crippen LogP contribution in [0.1, 0.15) is 40.5 Å². The van der Waals surface area contributed by atoms with Crippen LogP contribution in [0.25, 0.3) is 0 Å². The Morgan fingerprint density at radius 3 is 2.40 bits per heavy atom. The summed E-state index contributed by atoms with van der Waals surface area (Å²) in [5, 5.41) is 9.22. The van der Waals surface area contributed by atoms with Gasteiger partial charge in [0.1, 0.15) is 6.04 Å². The summed E-state index contributed by atoms with van der Waals surface area (Å²) in [6.45, 7) is 10.2. The molecule has 0 saturated carbocycles. The van der Waals surface area contributed by atoms with Crippen molar-refractivity contribution in [1.82, 2.24) is 4.90 Å². The standard InChI is InChI=1S/C12H23NO2/c1-9(2)10(11(14)15)13-7-5-6-12(3,4)8-13/h9-10H,5-8H2,1-4H3,(H,14,15). The molecule has 0 radical (unpaired) electrons. The van der Waals surface area contributed by atoms with Gasteiger partial charge in [-0.25, -0.2) is 0 Å². The molecule has 15 heavy (non-hydrogen) atoms. The Balaban J connectivity index is 2.72. The molecule has 1 heterocycles. The molecule has 1 fully saturated rings. The van der Waals surface area contributed by atoms with Crippen molar-refractivity contribution in [1.29, 1.82) is 0 Å². The van der Waals surface area contributed by atoms with Crippen molar-refractivity contribution in [2.24, 2.45) is 11.3 Å². The van der Waals surface area contributed by atoms with Crippen molar-refractivity contribution >= 4 is 5.97 Å². The predicted molar refractivity (Wildman–Crippen MR) is 60.8 cm³/mol. The molecule has 3 heteroatoms. The minimum absolute atomic E-state index is 0.177. The van der Waals surface area contributed by atoms with Gasteiger partial charge in [0.2, 0.25) is 0 Å². The molecule has 1 aliphatic rings. The molecule has 0 aliphatic carbocycles. The highest BCUT2D eigenvalue weighted by atomic mass is 16.4. The molecule has 0 aromatic rings. The van der Waals surface area contributed by atoms with Crippen molar-refractivity contribution in [3.8, 4) is 0 Å². The Morgan fingerprint density at radius 1 is 1.40 bits per heavy atom. The van der Waals surface area contributed by atoms with Crippen molar-refractivity contribution in [2.45, 2.75) is 46.6 Å². The third kappa shape index (κ3) is 3.20. The molecular formula is C12H23NO2. The fraction of sp³-hybridized carbons (Fsp3) is 0.917. The third-order valence-corrected chi connectivity index (χ3v) is 3.21. The average Bonchev–Trinajstić information content (AvgIpc) is 1.99. The summed E-state index contributed by atoms with van der Waals surface area (Å²) >= 11 is 0. The van der Waals surface area contributed by atoms with E-state index in [1.54, 1.807) is 0 Å². The van der Waals surface area contributed by atoms with E-state index >= 15 is 0 Å². The van der Waals surface area contributed by atoms with Gasteiger partial charge in [-0.1, -0.05) is 27.7 Å². The maximum Gasteiger partial charge on any atom is 0.321 e. The summed E-state index contributed by atoms with van der Waals surface area (Å²) in [6.07, 6.45) is 2.32. The van der Waals surface area contributed by atoms with Crippen LogP contribution in [0.5, 0.6) is 0 Å². The van der Waals surface area contributed by atoms with Crippen LogP contribution in [-0.2, 0) is 4.79 Å². The number of rotatable bonds is 3. The molecule has 0 amide bonds. The molecular weight excluding hydrogens is 190 g/mol. The zero-order valence-corrected chi connectivity index (χ0v) is 10.3. The first-order valence-electron chi connectivity index (χ1n) is 5.80. The van der Waals surface area contributed by atoms with E-state index < -0.39 is 5.97 Å². The summed E-state index contributed by atoms with van der Waals surface area (Å²) in [7, 11) is 0. The van der Waals surface area contributed by atoms with Crippen LogP contribution >= 0.6 is 0 Å². The quantitative estimate of drug-likeness (QED) is 0.781. The second kappa shape index (κ2) is 4.52. The molecule has 88 valence electrons. The number of carboxylic acid groups (broad SMARTS) is 1. The van der Waals surface area contributed by atoms with E-state index in [4.69, 9.17) is 0 Å². The number of hydrogen-bond acceptors (Lipinski definition) is 2. The fourth-order valence-electron chi connectivity index (χ4n) is 2.57. The summed E-state index contributed by atoms with van der Waals surface area (Å²) in [6, 6.07) is -0.315. The molecule has 1 saturated heterocycles. The van der Waals surface area contributed by atoms with Gasteiger partial charge < -0.3 is 5.11 Å². The van der Waals surface area contributed by atoms with Crippen molar-refractivity contribution in [3.05, 3.63) is 0 Å². The van der Waals surface area contributed by atoms with Crippen molar-refractivity contribution < 1.29 is 9.90 Å². The monoisotopic (exact) mass is 213 g/mol. The fourth-order valence-corrected chi connectivity index (χ4v) is 2.57. The molecule has 3 nitrogen and oxygen atoms in total. The number of hydrogen-bond donors (Lipinski definition) is 1. The minimum Gasteiger partial charge on any atom is -0.480 e. The van der Waals surface area contributed by atoms with Crippen LogP contribution in [0.15, 0.2) is 0 Å². The van der Waals surface area contributed by atoms with Gasteiger partial charge in [-0.15, -0.1) is 0 Å². The number of carboxylic acids is 1. The third-order valence-electron chi connectivity index (χ3n) is 3.21. The van der Waals surface area contributed by atoms with Crippen LogP contribution in [0, 0.1) is 11.3 Å². The second-order valence-electron chi connectivity index (χ2n) is 5.77. The number of likely N-dealkylation sites (tertiary alicyclic amines) is 1. The number of aliphatic carboxylic acids is 1. The van der Waals surface area contributed by atoms with E-state index in [0.29, 0.717) is 0 Å². The summed E-state index contributed by atoms with van der Waals surface area (Å²) < 4.78 is 0. The van der Waals surface area contributed by atoms with Gasteiger partial charge in [-0.05, 0) is 30.7 Å². The molecule has 0 bridgehead atoms. The van der Waals surface area contributed by atoms with Crippen LogP contribution in [0.4, 0.5) is 0 Å². The van der Waals surface area contributed by atoms with Gasteiger partial charge in [-0.3, -0.25) is 9.69 Å². The Hall–Kier alpha value is -0.570. The van der Waals surface area contributed by atoms with Crippen LogP contribution in [-0.4, -0.2) is 35.1 Å². The lowest BCUT2D eigenvalue weighted by molar-refractivity contribution is -0.146. The molecule has 1 unspecified atom stereocenters. The first-order valence-corrected chi connectivity index (χ1v) is 5.80. The SMILES string of the molecule is CC(C)C(C(=O)O)N1CCCC(C)(C)C1. The van der Waals surface area contributed by atoms with Gasteiger partial charge >= 0.3 is 5.97 Å². The lowest BCUT2D eigenvalue weighted by atomic mass is 9.82. The highest BCUT2D eigenvalue weighted by Gasteiger charge is 2.35. The topological polar surface area (TPSA) is 40.5 Å². The highest BCUT2D eigenvalue weighted by molar-refractivity contribution is 5.73. The average molecular weight is 213 g/mol. The highest BCUT2D eigenvalue weighted by Crippen LogP contribution is 2.30. The van der Waals surface area contributed by atoms with E-state index in [-0.39, 0.29) is 17.4 Å². The molecule has 0 aromatic carbocycles. The van der Waals surface area contributed by atoms with Gasteiger partial charge in [0.25, 0.3) is 0 Å². The van der Waals surface area contributed by atoms with Crippen LogP contribution in [0.2, 0.25) is 0 Å². The predicted octanol–water partition coefficient (Wildman–Crippen LogP) is 2.22. The first kappa shape index (κ1) is 12.5. The van der Waals surface area contributed by atoms with E-state index in [0.717, 1.165) is 19.5 Å².